The number of rotatable bonds is 6. The van der Waals surface area contributed by atoms with Gasteiger partial charge in [0, 0.05) is 0 Å². The van der Waals surface area contributed by atoms with E-state index in [-0.39, 0.29) is 5.56 Å². The molecule has 0 bridgehead atoms. The summed E-state index contributed by atoms with van der Waals surface area (Å²) in [6.07, 6.45) is -4.77. The van der Waals surface area contributed by atoms with Gasteiger partial charge >= 0.3 is 5.97 Å². The smallest absolute Gasteiger partial charge is 0.343 e. The fourth-order valence-corrected chi connectivity index (χ4v) is 1.32. The Morgan fingerprint density at radius 3 is 2.35 bits per heavy atom. The van der Waals surface area contributed by atoms with Crippen molar-refractivity contribution in [2.45, 2.75) is 18.3 Å². The van der Waals surface area contributed by atoms with Crippen LogP contribution in [0.15, 0.2) is 42.4 Å². The molecular weight excluding hydrogens is 268 g/mol. The second-order valence-corrected chi connectivity index (χ2v) is 4.00. The molecule has 3 atom stereocenters. The summed E-state index contributed by atoms with van der Waals surface area (Å²) in [4.78, 5) is 11.5. The fraction of sp³-hybridized carbons (Fsp3) is 0.308. The van der Waals surface area contributed by atoms with Crippen molar-refractivity contribution in [1.82, 2.24) is 0 Å². The summed E-state index contributed by atoms with van der Waals surface area (Å²) in [5.41, 5.74) is 0.238. The second-order valence-electron chi connectivity index (χ2n) is 4.00. The third-order valence-corrected chi connectivity index (χ3v) is 2.50. The lowest BCUT2D eigenvalue weighted by Crippen LogP contribution is -2.40. The fourth-order valence-electron chi connectivity index (χ4n) is 1.32. The predicted molar refractivity (Wildman–Crippen MR) is 67.7 cm³/mol. The summed E-state index contributed by atoms with van der Waals surface area (Å²) in [5, 5.41) is 45.9. The van der Waals surface area contributed by atoms with E-state index >= 15 is 0 Å². The van der Waals surface area contributed by atoms with Gasteiger partial charge in [0.1, 0.15) is 24.6 Å². The third-order valence-electron chi connectivity index (χ3n) is 2.50. The maximum absolute atomic E-state index is 11.5. The number of benzene rings is 1. The molecule has 0 aliphatic rings. The van der Waals surface area contributed by atoms with Gasteiger partial charge in [-0.1, -0.05) is 18.2 Å². The zero-order valence-electron chi connectivity index (χ0n) is 10.5. The quantitative estimate of drug-likeness (QED) is 0.346. The van der Waals surface area contributed by atoms with Crippen LogP contribution in [0.2, 0.25) is 0 Å². The van der Waals surface area contributed by atoms with E-state index < -0.39 is 36.6 Å². The Balaban J connectivity index is 2.63. The van der Waals surface area contributed by atoms with Crippen LogP contribution in [0.3, 0.4) is 0 Å². The first-order valence-corrected chi connectivity index (χ1v) is 5.77. The number of ether oxygens (including phenoxy) is 1. The van der Waals surface area contributed by atoms with Crippen LogP contribution in [0.25, 0.3) is 0 Å². The van der Waals surface area contributed by atoms with Crippen molar-refractivity contribution in [1.29, 1.82) is 0 Å². The predicted octanol–water partition coefficient (Wildman–Crippen LogP) is -0.682. The largest absolute Gasteiger partial charge is 0.506 e. The van der Waals surface area contributed by atoms with Crippen LogP contribution < -0.4 is 0 Å². The van der Waals surface area contributed by atoms with Crippen molar-refractivity contribution in [2.24, 2.45) is 0 Å². The number of aliphatic hydroxyl groups excluding tert-OH is 5. The molecule has 5 N–H and O–H groups in total. The van der Waals surface area contributed by atoms with Gasteiger partial charge in [-0.3, -0.25) is 0 Å². The highest BCUT2D eigenvalue weighted by molar-refractivity contribution is 5.89. The minimum absolute atomic E-state index is 0.238. The molecule has 7 nitrogen and oxygen atoms in total. The molecule has 0 saturated heterocycles. The van der Waals surface area contributed by atoms with E-state index in [4.69, 9.17) is 10.2 Å². The van der Waals surface area contributed by atoms with Crippen molar-refractivity contribution in [2.75, 3.05) is 6.61 Å². The molecule has 0 aliphatic heterocycles. The summed E-state index contributed by atoms with van der Waals surface area (Å²) in [6.45, 7) is -0.796. The van der Waals surface area contributed by atoms with Crippen molar-refractivity contribution in [3.63, 3.8) is 0 Å². The molecule has 7 heteroatoms. The van der Waals surface area contributed by atoms with Crippen LogP contribution in [0.4, 0.5) is 0 Å². The zero-order valence-corrected chi connectivity index (χ0v) is 10.5. The van der Waals surface area contributed by atoms with Gasteiger partial charge in [-0.25, -0.2) is 4.79 Å². The van der Waals surface area contributed by atoms with Gasteiger partial charge < -0.3 is 30.3 Å². The maximum atomic E-state index is 11.5. The number of hydrogen-bond acceptors (Lipinski definition) is 7. The van der Waals surface area contributed by atoms with E-state index in [0.29, 0.717) is 6.26 Å². The lowest BCUT2D eigenvalue weighted by atomic mass is 10.1. The maximum Gasteiger partial charge on any atom is 0.343 e. The third kappa shape index (κ3) is 4.32. The molecule has 0 amide bonds. The molecule has 1 rings (SSSR count). The van der Waals surface area contributed by atoms with E-state index in [1.807, 2.05) is 0 Å². The Morgan fingerprint density at radius 2 is 1.80 bits per heavy atom. The molecule has 0 aliphatic carbocycles. The Morgan fingerprint density at radius 1 is 1.20 bits per heavy atom. The number of aliphatic hydroxyl groups is 5. The minimum atomic E-state index is -1.89. The van der Waals surface area contributed by atoms with Gasteiger partial charge in [0.2, 0.25) is 0 Å². The SMILES string of the molecule is O=C(O/C=C(\O)[C@H](O)[C@@H](O)[C@@H](O)CO)c1ccccc1. The van der Waals surface area contributed by atoms with E-state index in [1.54, 1.807) is 18.2 Å². The molecule has 20 heavy (non-hydrogen) atoms. The van der Waals surface area contributed by atoms with Gasteiger partial charge in [0.25, 0.3) is 0 Å². The minimum Gasteiger partial charge on any atom is -0.506 e. The first kappa shape index (κ1) is 16.1. The van der Waals surface area contributed by atoms with Gasteiger partial charge in [-0.15, -0.1) is 0 Å². The monoisotopic (exact) mass is 284 g/mol. The Bertz CT molecular complexity index is 457. The average molecular weight is 284 g/mol. The molecule has 0 unspecified atom stereocenters. The summed E-state index contributed by atoms with van der Waals surface area (Å²) >= 11 is 0. The molecule has 110 valence electrons. The van der Waals surface area contributed by atoms with Crippen LogP contribution in [0, 0.1) is 0 Å². The first-order chi connectivity index (χ1) is 9.47. The van der Waals surface area contributed by atoms with Crippen molar-refractivity contribution in [3.05, 3.63) is 47.9 Å². The van der Waals surface area contributed by atoms with E-state index in [9.17, 15) is 20.1 Å². The Labute approximate surface area is 115 Å². The van der Waals surface area contributed by atoms with Crippen LogP contribution in [0.5, 0.6) is 0 Å². The zero-order chi connectivity index (χ0) is 15.1. The standard InChI is InChI=1S/C13H16O7/c14-6-9(15)11(17)12(18)10(16)7-20-13(19)8-4-2-1-3-5-8/h1-5,7,9,11-12,14-18H,6H2/b10-7-/t9-,11-,12-/m0/s1. The molecule has 0 spiro atoms. The average Bonchev–Trinajstić information content (AvgIpc) is 2.50. The van der Waals surface area contributed by atoms with Gasteiger partial charge in [0.15, 0.2) is 5.76 Å². The van der Waals surface area contributed by atoms with Gasteiger partial charge in [0.05, 0.1) is 12.2 Å². The highest BCUT2D eigenvalue weighted by Crippen LogP contribution is 2.09. The number of hydrogen-bond donors (Lipinski definition) is 5. The van der Waals surface area contributed by atoms with Crippen LogP contribution in [-0.2, 0) is 4.74 Å². The Kier molecular flexibility index (Phi) is 6.13. The number of carbonyl (C=O) groups is 1. The molecule has 0 heterocycles. The normalized spacial score (nSPS) is 16.3. The lowest BCUT2D eigenvalue weighted by molar-refractivity contribution is -0.0751. The molecular formula is C13H16O7. The summed E-state index contributed by atoms with van der Waals surface area (Å²) < 4.78 is 4.61. The van der Waals surface area contributed by atoms with E-state index in [0.717, 1.165) is 0 Å². The van der Waals surface area contributed by atoms with Crippen LogP contribution in [0.1, 0.15) is 10.4 Å². The van der Waals surface area contributed by atoms with E-state index in [1.165, 1.54) is 12.1 Å². The molecule has 1 aromatic rings. The molecule has 0 saturated carbocycles. The molecule has 1 aromatic carbocycles. The molecule has 0 aromatic heterocycles. The summed E-state index contributed by atoms with van der Waals surface area (Å²) in [6, 6.07) is 7.94. The Hall–Kier alpha value is -1.93. The topological polar surface area (TPSA) is 127 Å². The molecule has 0 radical (unpaired) electrons. The second kappa shape index (κ2) is 7.61. The lowest BCUT2D eigenvalue weighted by Gasteiger charge is -2.20. The summed E-state index contributed by atoms with van der Waals surface area (Å²) in [7, 11) is 0. The van der Waals surface area contributed by atoms with Crippen LogP contribution >= 0.6 is 0 Å². The highest BCUT2D eigenvalue weighted by Gasteiger charge is 2.27. The van der Waals surface area contributed by atoms with Crippen LogP contribution in [-0.4, -0.2) is 56.4 Å². The van der Waals surface area contributed by atoms with Gasteiger partial charge in [-0.2, -0.15) is 0 Å². The van der Waals surface area contributed by atoms with Crippen molar-refractivity contribution >= 4 is 5.97 Å². The first-order valence-electron chi connectivity index (χ1n) is 5.77. The van der Waals surface area contributed by atoms with Crippen molar-refractivity contribution < 1.29 is 35.1 Å². The number of carbonyl (C=O) groups excluding carboxylic acids is 1. The number of esters is 1. The van der Waals surface area contributed by atoms with E-state index in [2.05, 4.69) is 4.74 Å². The van der Waals surface area contributed by atoms with Crippen molar-refractivity contribution in [3.8, 4) is 0 Å². The highest BCUT2D eigenvalue weighted by atomic mass is 16.5. The summed E-state index contributed by atoms with van der Waals surface area (Å²) in [5.74, 6) is -1.61. The van der Waals surface area contributed by atoms with Gasteiger partial charge in [-0.05, 0) is 12.1 Å². The molecule has 0 fully saturated rings.